The number of hydrogen-bond acceptors (Lipinski definition) is 4. The van der Waals surface area contributed by atoms with Crippen LogP contribution in [0.4, 0.5) is 4.79 Å². The van der Waals surface area contributed by atoms with Gasteiger partial charge in [0.1, 0.15) is 13.2 Å². The van der Waals surface area contributed by atoms with E-state index in [1.807, 2.05) is 18.2 Å². The lowest BCUT2D eigenvalue weighted by Crippen LogP contribution is -2.34. The van der Waals surface area contributed by atoms with Crippen molar-refractivity contribution < 1.29 is 14.3 Å². The summed E-state index contributed by atoms with van der Waals surface area (Å²) < 4.78 is 11.0. The van der Waals surface area contributed by atoms with Crippen molar-refractivity contribution in [2.75, 3.05) is 13.2 Å². The van der Waals surface area contributed by atoms with Crippen molar-refractivity contribution in [1.29, 1.82) is 0 Å². The molecule has 23 heavy (non-hydrogen) atoms. The van der Waals surface area contributed by atoms with E-state index in [2.05, 4.69) is 29.7 Å². The number of thiophene rings is 1. The van der Waals surface area contributed by atoms with Crippen LogP contribution in [0.1, 0.15) is 22.2 Å². The molecular weight excluding hydrogens is 312 g/mol. The molecule has 0 unspecified atom stereocenters. The summed E-state index contributed by atoms with van der Waals surface area (Å²) in [5.74, 6) is 1.50. The summed E-state index contributed by atoms with van der Waals surface area (Å²) in [5, 5.41) is 5.73. The average molecular weight is 332 g/mol. The summed E-state index contributed by atoms with van der Waals surface area (Å²) in [6.45, 7) is 4.27. The number of aryl methyl sites for hydroxylation is 1. The van der Waals surface area contributed by atoms with Crippen molar-refractivity contribution in [3.05, 3.63) is 45.6 Å². The summed E-state index contributed by atoms with van der Waals surface area (Å²) in [7, 11) is 0. The molecule has 0 bridgehead atoms. The number of benzene rings is 1. The number of carbonyl (C=O) groups excluding carboxylic acids is 1. The molecule has 0 spiro atoms. The first kappa shape index (κ1) is 15.7. The van der Waals surface area contributed by atoms with E-state index in [1.54, 1.807) is 11.3 Å². The number of amides is 2. The van der Waals surface area contributed by atoms with Crippen LogP contribution in [-0.4, -0.2) is 19.2 Å². The van der Waals surface area contributed by atoms with Gasteiger partial charge in [0.05, 0.1) is 6.54 Å². The molecule has 2 heterocycles. The Kier molecular flexibility index (Phi) is 5.02. The van der Waals surface area contributed by atoms with Gasteiger partial charge >= 0.3 is 6.03 Å². The van der Waals surface area contributed by atoms with Crippen LogP contribution in [-0.2, 0) is 19.5 Å². The minimum Gasteiger partial charge on any atom is -0.486 e. The average Bonchev–Trinajstić information content (AvgIpc) is 3.06. The largest absolute Gasteiger partial charge is 0.486 e. The normalized spacial score (nSPS) is 12.7. The molecule has 1 aliphatic rings. The molecule has 0 aliphatic carbocycles. The number of fused-ring (bicyclic) bond motifs is 1. The molecule has 2 aromatic rings. The second-order valence-electron chi connectivity index (χ2n) is 5.24. The summed E-state index contributed by atoms with van der Waals surface area (Å²) in [6.07, 6.45) is 1.03. The van der Waals surface area contributed by atoms with Crippen molar-refractivity contribution in [3.63, 3.8) is 0 Å². The Morgan fingerprint density at radius 1 is 1.04 bits per heavy atom. The molecule has 1 aromatic heterocycles. The highest BCUT2D eigenvalue weighted by Crippen LogP contribution is 2.30. The Morgan fingerprint density at radius 2 is 1.78 bits per heavy atom. The Balaban J connectivity index is 1.47. The molecule has 6 heteroatoms. The Morgan fingerprint density at radius 3 is 2.57 bits per heavy atom. The molecule has 2 amide bonds. The van der Waals surface area contributed by atoms with Gasteiger partial charge in [-0.25, -0.2) is 4.79 Å². The standard InChI is InChI=1S/C17H20N2O3S/c1-2-13-4-5-14(23-13)11-19-17(20)18-10-12-3-6-15-16(9-12)22-8-7-21-15/h3-6,9H,2,7-8,10-11H2,1H3,(H2,18,19,20). The maximum absolute atomic E-state index is 11.9. The van der Waals surface area contributed by atoms with Crippen molar-refractivity contribution in [2.24, 2.45) is 0 Å². The fraction of sp³-hybridized carbons (Fsp3) is 0.353. The van der Waals surface area contributed by atoms with Gasteiger partial charge < -0.3 is 20.1 Å². The molecule has 1 aliphatic heterocycles. The zero-order valence-electron chi connectivity index (χ0n) is 13.1. The number of ether oxygens (including phenoxy) is 2. The van der Waals surface area contributed by atoms with Gasteiger partial charge in [-0.2, -0.15) is 0 Å². The van der Waals surface area contributed by atoms with Crippen LogP contribution in [0.3, 0.4) is 0 Å². The molecular formula is C17H20N2O3S. The maximum atomic E-state index is 11.9. The van der Waals surface area contributed by atoms with E-state index in [0.717, 1.165) is 28.4 Å². The lowest BCUT2D eigenvalue weighted by Gasteiger charge is -2.19. The monoisotopic (exact) mass is 332 g/mol. The minimum absolute atomic E-state index is 0.175. The third-order valence-electron chi connectivity index (χ3n) is 3.55. The Bertz CT molecular complexity index is 684. The van der Waals surface area contributed by atoms with Crippen molar-refractivity contribution >= 4 is 17.4 Å². The quantitative estimate of drug-likeness (QED) is 0.884. The fourth-order valence-corrected chi connectivity index (χ4v) is 3.21. The van der Waals surface area contributed by atoms with Gasteiger partial charge in [0.2, 0.25) is 0 Å². The highest BCUT2D eigenvalue weighted by atomic mass is 32.1. The third kappa shape index (κ3) is 4.16. The fourth-order valence-electron chi connectivity index (χ4n) is 2.32. The van der Waals surface area contributed by atoms with Crippen molar-refractivity contribution in [3.8, 4) is 11.5 Å². The Labute approximate surface area is 139 Å². The summed E-state index contributed by atoms with van der Waals surface area (Å²) >= 11 is 1.73. The van der Waals surface area contributed by atoms with E-state index in [9.17, 15) is 4.79 Å². The van der Waals surface area contributed by atoms with E-state index in [0.29, 0.717) is 26.3 Å². The number of hydrogen-bond donors (Lipinski definition) is 2. The summed E-state index contributed by atoms with van der Waals surface area (Å²) in [5.41, 5.74) is 0.980. The molecule has 5 nitrogen and oxygen atoms in total. The van der Waals surface area contributed by atoms with Gasteiger partial charge in [-0.3, -0.25) is 0 Å². The zero-order valence-corrected chi connectivity index (χ0v) is 13.9. The van der Waals surface area contributed by atoms with E-state index in [1.165, 1.54) is 4.88 Å². The predicted molar refractivity (Wildman–Crippen MR) is 90.2 cm³/mol. The second kappa shape index (κ2) is 7.37. The van der Waals surface area contributed by atoms with Crippen LogP contribution in [0.2, 0.25) is 0 Å². The highest BCUT2D eigenvalue weighted by molar-refractivity contribution is 7.11. The molecule has 0 saturated heterocycles. The molecule has 3 rings (SSSR count). The topological polar surface area (TPSA) is 59.6 Å². The Hall–Kier alpha value is -2.21. The van der Waals surface area contributed by atoms with Gasteiger partial charge in [0, 0.05) is 16.3 Å². The van der Waals surface area contributed by atoms with Crippen LogP contribution >= 0.6 is 11.3 Å². The molecule has 0 atom stereocenters. The number of rotatable bonds is 5. The van der Waals surface area contributed by atoms with E-state index < -0.39 is 0 Å². The molecule has 1 aromatic carbocycles. The van der Waals surface area contributed by atoms with Crippen LogP contribution < -0.4 is 20.1 Å². The lowest BCUT2D eigenvalue weighted by molar-refractivity contribution is 0.171. The van der Waals surface area contributed by atoms with E-state index in [-0.39, 0.29) is 6.03 Å². The van der Waals surface area contributed by atoms with Crippen LogP contribution in [0, 0.1) is 0 Å². The van der Waals surface area contributed by atoms with Crippen molar-refractivity contribution in [2.45, 2.75) is 26.4 Å². The first-order chi connectivity index (χ1) is 11.2. The number of urea groups is 1. The van der Waals surface area contributed by atoms with Gasteiger partial charge in [-0.1, -0.05) is 13.0 Å². The van der Waals surface area contributed by atoms with Crippen LogP contribution in [0.15, 0.2) is 30.3 Å². The van der Waals surface area contributed by atoms with E-state index in [4.69, 9.17) is 9.47 Å². The van der Waals surface area contributed by atoms with Gasteiger partial charge in [0.15, 0.2) is 11.5 Å². The van der Waals surface area contributed by atoms with Crippen LogP contribution in [0.5, 0.6) is 11.5 Å². The minimum atomic E-state index is -0.175. The summed E-state index contributed by atoms with van der Waals surface area (Å²) in [6, 6.07) is 9.70. The smallest absolute Gasteiger partial charge is 0.315 e. The first-order valence-electron chi connectivity index (χ1n) is 7.72. The highest BCUT2D eigenvalue weighted by Gasteiger charge is 2.12. The molecule has 122 valence electrons. The summed E-state index contributed by atoms with van der Waals surface area (Å²) in [4.78, 5) is 14.4. The molecule has 0 saturated carbocycles. The first-order valence-corrected chi connectivity index (χ1v) is 8.54. The van der Waals surface area contributed by atoms with E-state index >= 15 is 0 Å². The molecule has 2 N–H and O–H groups in total. The SMILES string of the molecule is CCc1ccc(CNC(=O)NCc2ccc3c(c2)OCCO3)s1. The molecule has 0 fully saturated rings. The maximum Gasteiger partial charge on any atom is 0.315 e. The molecule has 0 radical (unpaired) electrons. The van der Waals surface area contributed by atoms with Gasteiger partial charge in [0.25, 0.3) is 0 Å². The number of nitrogens with one attached hydrogen (secondary N) is 2. The van der Waals surface area contributed by atoms with Crippen LogP contribution in [0.25, 0.3) is 0 Å². The number of carbonyl (C=O) groups is 1. The second-order valence-corrected chi connectivity index (χ2v) is 6.49. The third-order valence-corrected chi connectivity index (χ3v) is 4.78. The van der Waals surface area contributed by atoms with Crippen molar-refractivity contribution in [1.82, 2.24) is 10.6 Å². The lowest BCUT2D eigenvalue weighted by atomic mass is 10.2. The zero-order chi connectivity index (χ0) is 16.1. The predicted octanol–water partition coefficient (Wildman–Crippen LogP) is 3.08. The van der Waals surface area contributed by atoms with Gasteiger partial charge in [-0.05, 0) is 36.2 Å². The van der Waals surface area contributed by atoms with Gasteiger partial charge in [-0.15, -0.1) is 11.3 Å².